The summed E-state index contributed by atoms with van der Waals surface area (Å²) in [5, 5.41) is 138. The Morgan fingerprint density at radius 3 is 1.48 bits per heavy atom. The first-order valence-electron chi connectivity index (χ1n) is 24.6. The fourth-order valence-electron chi connectivity index (χ4n) is 8.45. The third-order valence-electron chi connectivity index (χ3n) is 12.8. The van der Waals surface area contributed by atoms with Gasteiger partial charge in [-0.15, -0.1) is 0 Å². The largest absolute Gasteiger partial charge is 0.508 e. The standard InChI is InChI=1S/C54H54O27/c55-27-9-1-24(2-10-27)5-15-39(61)72-21-35-42(64)46(68)49(71)53(79-35)81-51-47(69)44(66)37(22-73-40(62)16-6-25-3-11-28(56)12-4-25)80-54(51)77-34-19-31-32(75-50(34)26-7-13-29(57)14-8-26)17-30(58)18-33(31)76-52-48(70)45(67)43(65)36(78-52)23-74-41(63)20-38(59)60/h1-19,35-37,42-49,51-54,64-71H,20-23H2,(H4-,55,56,57,58,59,60,61,62)/p+1/t35-,36-,37-,42-,43-,44-,45+,46+,47+,48-,49-,51-,52-,53+,54-/m1/s1. The molecule has 3 fully saturated rings. The van der Waals surface area contributed by atoms with Crippen molar-refractivity contribution in [1.82, 2.24) is 0 Å². The molecule has 432 valence electrons. The van der Waals surface area contributed by atoms with Gasteiger partial charge in [0.15, 0.2) is 12.4 Å². The van der Waals surface area contributed by atoms with Crippen LogP contribution in [0.1, 0.15) is 17.5 Å². The van der Waals surface area contributed by atoms with Crippen LogP contribution < -0.4 is 9.47 Å². The van der Waals surface area contributed by atoms with E-state index in [-0.39, 0.29) is 45.3 Å². The van der Waals surface area contributed by atoms with Gasteiger partial charge in [0, 0.05) is 24.3 Å². The van der Waals surface area contributed by atoms with E-state index >= 15 is 0 Å². The van der Waals surface area contributed by atoms with Crippen molar-refractivity contribution in [1.29, 1.82) is 0 Å². The van der Waals surface area contributed by atoms with Crippen molar-refractivity contribution in [2.75, 3.05) is 19.8 Å². The maximum atomic E-state index is 13.0. The normalized spacial score (nSPS) is 28.6. The number of hydrogen-bond acceptors (Lipinski definition) is 25. The molecule has 27 heteroatoms. The second kappa shape index (κ2) is 26.0. The smallest absolute Gasteiger partial charge is 0.402 e. The van der Waals surface area contributed by atoms with E-state index in [9.17, 15) is 80.5 Å². The zero-order chi connectivity index (χ0) is 58.2. The van der Waals surface area contributed by atoms with Crippen molar-refractivity contribution in [3.05, 3.63) is 114 Å². The number of ether oxygens (including phenoxy) is 9. The summed E-state index contributed by atoms with van der Waals surface area (Å²) in [5.74, 6) is -6.43. The summed E-state index contributed by atoms with van der Waals surface area (Å²) in [5.41, 5.74) is 0.949. The molecule has 13 N–H and O–H groups in total. The fourth-order valence-corrected chi connectivity index (χ4v) is 8.45. The molecule has 3 saturated heterocycles. The van der Waals surface area contributed by atoms with Gasteiger partial charge in [-0.2, -0.15) is 0 Å². The van der Waals surface area contributed by atoms with Crippen LogP contribution in [-0.2, 0) is 52.3 Å². The van der Waals surface area contributed by atoms with E-state index in [2.05, 4.69) is 0 Å². The number of rotatable bonds is 19. The van der Waals surface area contributed by atoms with Crippen LogP contribution in [0, 0.1) is 0 Å². The van der Waals surface area contributed by atoms with Gasteiger partial charge in [0.05, 0.1) is 11.6 Å². The Morgan fingerprint density at radius 2 is 0.951 bits per heavy atom. The maximum absolute atomic E-state index is 13.0. The molecule has 81 heavy (non-hydrogen) atoms. The van der Waals surface area contributed by atoms with Gasteiger partial charge < -0.3 is 109 Å². The van der Waals surface area contributed by atoms with Crippen molar-refractivity contribution >= 4 is 47.0 Å². The highest BCUT2D eigenvalue weighted by Crippen LogP contribution is 2.43. The fraction of sp³-hybridized carbons (Fsp3) is 0.352. The number of aromatic hydroxyl groups is 4. The SMILES string of the molecule is O=C(O)CC(=O)OC[C@H]1O[C@@H](Oc2cc(O)cc3[o+]c(-c4ccc(O)cc4)c(O[C@@H]4O[C@H](COC(=O)/C=C/c5ccc(O)cc5)[C@@H](O)[C@H](O)[C@H]4O[C@@H]4O[C@H](COC(=O)/C=C/c5ccc(O)cc5)[C@@H](O)[C@H](O)[C@H]4O)cc23)[C@H](O)[C@@H](O)[C@@H]1O. The molecule has 0 spiro atoms. The van der Waals surface area contributed by atoms with Crippen molar-refractivity contribution in [3.8, 4) is 45.8 Å². The number of carboxylic acids is 1. The molecule has 0 amide bonds. The molecule has 0 bridgehead atoms. The lowest BCUT2D eigenvalue weighted by Gasteiger charge is -2.45. The van der Waals surface area contributed by atoms with E-state index in [0.717, 1.165) is 24.3 Å². The number of benzene rings is 4. The van der Waals surface area contributed by atoms with Crippen molar-refractivity contribution in [2.45, 2.75) is 98.5 Å². The zero-order valence-electron chi connectivity index (χ0n) is 42.0. The summed E-state index contributed by atoms with van der Waals surface area (Å²) >= 11 is 0. The summed E-state index contributed by atoms with van der Waals surface area (Å²) in [6.07, 6.45) is -25.5. The Labute approximate surface area is 457 Å². The summed E-state index contributed by atoms with van der Waals surface area (Å²) < 4.78 is 57.9. The molecule has 0 aliphatic carbocycles. The lowest BCUT2D eigenvalue weighted by molar-refractivity contribution is -0.358. The molecular formula is C54H55O27+. The van der Waals surface area contributed by atoms with E-state index in [0.29, 0.717) is 11.1 Å². The summed E-state index contributed by atoms with van der Waals surface area (Å²) in [4.78, 5) is 48.7. The molecule has 4 heterocycles. The Morgan fingerprint density at radius 1 is 0.494 bits per heavy atom. The topological polar surface area (TPSA) is 426 Å². The molecule has 5 aromatic rings. The van der Waals surface area contributed by atoms with Crippen LogP contribution in [0.4, 0.5) is 0 Å². The first kappa shape index (κ1) is 59.1. The van der Waals surface area contributed by atoms with Crippen LogP contribution in [0.5, 0.6) is 34.5 Å². The highest BCUT2D eigenvalue weighted by atomic mass is 16.8. The second-order valence-electron chi connectivity index (χ2n) is 18.6. The van der Waals surface area contributed by atoms with Gasteiger partial charge in [-0.25, -0.2) is 14.0 Å². The van der Waals surface area contributed by atoms with Gasteiger partial charge in [0.2, 0.25) is 18.3 Å². The van der Waals surface area contributed by atoms with Crippen LogP contribution in [0.3, 0.4) is 0 Å². The minimum absolute atomic E-state index is 0.0189. The van der Waals surface area contributed by atoms with Gasteiger partial charge >= 0.3 is 35.2 Å². The number of aliphatic hydroxyl groups excluding tert-OH is 8. The summed E-state index contributed by atoms with van der Waals surface area (Å²) in [7, 11) is 0. The first-order chi connectivity index (χ1) is 38.6. The number of carbonyl (C=O) groups is 4. The Bertz CT molecular complexity index is 3060. The van der Waals surface area contributed by atoms with E-state index in [1.54, 1.807) is 0 Å². The average Bonchev–Trinajstić information content (AvgIpc) is 3.51. The lowest BCUT2D eigenvalue weighted by Crippen LogP contribution is -2.65. The van der Waals surface area contributed by atoms with Crippen LogP contribution >= 0.6 is 0 Å². The number of esters is 3. The van der Waals surface area contributed by atoms with Gasteiger partial charge in [0.25, 0.3) is 0 Å². The number of hydrogen-bond donors (Lipinski definition) is 13. The molecule has 8 rings (SSSR count). The number of phenolic OH excluding ortho intramolecular Hbond substituents is 4. The minimum atomic E-state index is -2.14. The summed E-state index contributed by atoms with van der Waals surface area (Å²) in [6, 6.07) is 20.1. The molecular weight excluding hydrogens is 1080 g/mol. The number of fused-ring (bicyclic) bond motifs is 1. The van der Waals surface area contributed by atoms with Gasteiger partial charge in [0.1, 0.15) is 128 Å². The molecule has 0 radical (unpaired) electrons. The number of aliphatic carboxylic acids is 1. The molecule has 3 aliphatic heterocycles. The monoisotopic (exact) mass is 1140 g/mol. The Hall–Kier alpha value is -8.03. The molecule has 15 atom stereocenters. The predicted octanol–water partition coefficient (Wildman–Crippen LogP) is -0.0609. The minimum Gasteiger partial charge on any atom is -0.508 e. The molecule has 0 unspecified atom stereocenters. The van der Waals surface area contributed by atoms with E-state index < -0.39 is 154 Å². The Kier molecular flexibility index (Phi) is 19.0. The quantitative estimate of drug-likeness (QED) is 0.0169. The Balaban J connectivity index is 1.12. The predicted molar refractivity (Wildman–Crippen MR) is 269 cm³/mol. The van der Waals surface area contributed by atoms with Gasteiger partial charge in [-0.3, -0.25) is 9.59 Å². The molecule has 27 nitrogen and oxygen atoms in total. The molecule has 4 aromatic carbocycles. The highest BCUT2D eigenvalue weighted by molar-refractivity contribution is 5.90. The average molecular weight is 1140 g/mol. The lowest BCUT2D eigenvalue weighted by atomic mass is 9.97. The van der Waals surface area contributed by atoms with Gasteiger partial charge in [-0.1, -0.05) is 24.3 Å². The second-order valence-corrected chi connectivity index (χ2v) is 18.6. The zero-order valence-corrected chi connectivity index (χ0v) is 42.0. The molecule has 0 saturated carbocycles. The number of carboxylic acid groups (broad SMARTS) is 1. The summed E-state index contributed by atoms with van der Waals surface area (Å²) in [6.45, 7) is -2.34. The third kappa shape index (κ3) is 14.7. The molecule has 1 aromatic heterocycles. The number of carbonyl (C=O) groups excluding carboxylic acids is 3. The van der Waals surface area contributed by atoms with Crippen LogP contribution in [-0.4, -0.2) is 202 Å². The third-order valence-corrected chi connectivity index (χ3v) is 12.8. The number of aliphatic hydroxyl groups is 8. The van der Waals surface area contributed by atoms with Crippen molar-refractivity contribution in [2.24, 2.45) is 0 Å². The van der Waals surface area contributed by atoms with Crippen molar-refractivity contribution in [3.63, 3.8) is 0 Å². The van der Waals surface area contributed by atoms with E-state index in [4.69, 9.17) is 52.2 Å². The van der Waals surface area contributed by atoms with Crippen LogP contribution in [0.15, 0.2) is 108 Å². The van der Waals surface area contributed by atoms with Crippen molar-refractivity contribution < 1.29 is 133 Å². The molecule has 3 aliphatic rings. The van der Waals surface area contributed by atoms with Crippen LogP contribution in [0.2, 0.25) is 0 Å². The van der Waals surface area contributed by atoms with Gasteiger partial charge in [-0.05, 0) is 71.8 Å². The first-order valence-corrected chi connectivity index (χ1v) is 24.6. The number of phenols is 4. The van der Waals surface area contributed by atoms with Crippen LogP contribution in [0.25, 0.3) is 34.4 Å². The van der Waals surface area contributed by atoms with E-state index in [1.807, 2.05) is 0 Å². The highest BCUT2D eigenvalue weighted by Gasteiger charge is 2.53. The maximum Gasteiger partial charge on any atom is 0.402 e. The van der Waals surface area contributed by atoms with E-state index in [1.165, 1.54) is 91.0 Å².